The highest BCUT2D eigenvalue weighted by atomic mass is 15.3. The summed E-state index contributed by atoms with van der Waals surface area (Å²) in [5.41, 5.74) is 0.324. The minimum atomic E-state index is 0.0325. The Bertz CT molecular complexity index is 358. The third-order valence-electron chi connectivity index (χ3n) is 5.16. The minimum Gasteiger partial charge on any atom is -0.295 e. The van der Waals surface area contributed by atoms with Gasteiger partial charge in [-0.25, -0.2) is 0 Å². The number of piperazine rings is 1. The average Bonchev–Trinajstić information content (AvgIpc) is 3.02. The van der Waals surface area contributed by atoms with E-state index in [0.717, 1.165) is 19.4 Å². The van der Waals surface area contributed by atoms with Crippen LogP contribution in [0.2, 0.25) is 0 Å². The zero-order chi connectivity index (χ0) is 13.0. The Morgan fingerprint density at radius 1 is 1.17 bits per heavy atom. The fourth-order valence-electron chi connectivity index (χ4n) is 3.60. The Morgan fingerprint density at radius 2 is 1.72 bits per heavy atom. The molecule has 3 heteroatoms. The van der Waals surface area contributed by atoms with Crippen molar-refractivity contribution in [3.8, 4) is 6.07 Å². The minimum absolute atomic E-state index is 0.0325. The maximum atomic E-state index is 9.27. The van der Waals surface area contributed by atoms with E-state index in [2.05, 4.69) is 36.6 Å². The van der Waals surface area contributed by atoms with Crippen molar-refractivity contribution >= 4 is 0 Å². The van der Waals surface area contributed by atoms with Crippen molar-refractivity contribution in [2.75, 3.05) is 19.6 Å². The van der Waals surface area contributed by atoms with Crippen LogP contribution in [0.1, 0.15) is 46.5 Å². The van der Waals surface area contributed by atoms with Crippen molar-refractivity contribution in [3.63, 3.8) is 0 Å². The van der Waals surface area contributed by atoms with Crippen molar-refractivity contribution in [2.45, 2.75) is 64.1 Å². The Morgan fingerprint density at radius 3 is 2.11 bits per heavy atom. The fraction of sp³-hybridized carbons (Fsp3) is 0.933. The highest BCUT2D eigenvalue weighted by molar-refractivity contribution is 5.13. The van der Waals surface area contributed by atoms with Gasteiger partial charge in [0, 0.05) is 37.3 Å². The molecule has 0 amide bonds. The number of hydrogen-bond donors (Lipinski definition) is 0. The lowest BCUT2D eigenvalue weighted by Crippen LogP contribution is -2.59. The SMILES string of the molecule is CC(C)(C)N1CC2CCC(C1)N2CC1(C#N)CC1. The van der Waals surface area contributed by atoms with Crippen molar-refractivity contribution in [1.82, 2.24) is 9.80 Å². The van der Waals surface area contributed by atoms with Gasteiger partial charge in [-0.1, -0.05) is 0 Å². The van der Waals surface area contributed by atoms with E-state index >= 15 is 0 Å². The number of nitriles is 1. The molecule has 0 aromatic rings. The van der Waals surface area contributed by atoms with E-state index < -0.39 is 0 Å². The first-order valence-electron chi connectivity index (χ1n) is 7.36. The Labute approximate surface area is 111 Å². The first-order chi connectivity index (χ1) is 8.43. The average molecular weight is 247 g/mol. The summed E-state index contributed by atoms with van der Waals surface area (Å²) in [5, 5.41) is 9.27. The van der Waals surface area contributed by atoms with Gasteiger partial charge in [-0.15, -0.1) is 0 Å². The molecule has 2 atom stereocenters. The molecule has 100 valence electrons. The summed E-state index contributed by atoms with van der Waals surface area (Å²) < 4.78 is 0. The van der Waals surface area contributed by atoms with Crippen LogP contribution in [0.5, 0.6) is 0 Å². The van der Waals surface area contributed by atoms with Gasteiger partial charge in [0.2, 0.25) is 0 Å². The molecule has 3 aliphatic rings. The Kier molecular flexibility index (Phi) is 2.73. The van der Waals surface area contributed by atoms with Gasteiger partial charge < -0.3 is 0 Å². The molecule has 2 bridgehead atoms. The van der Waals surface area contributed by atoms with Crippen LogP contribution in [0.15, 0.2) is 0 Å². The number of rotatable bonds is 2. The monoisotopic (exact) mass is 247 g/mol. The van der Waals surface area contributed by atoms with Gasteiger partial charge in [-0.05, 0) is 46.5 Å². The lowest BCUT2D eigenvalue weighted by atomic mass is 10.0. The van der Waals surface area contributed by atoms with E-state index in [1.165, 1.54) is 25.9 Å². The van der Waals surface area contributed by atoms with Crippen molar-refractivity contribution in [2.24, 2.45) is 5.41 Å². The van der Waals surface area contributed by atoms with Crippen molar-refractivity contribution < 1.29 is 0 Å². The quantitative estimate of drug-likeness (QED) is 0.749. The molecule has 0 aromatic carbocycles. The van der Waals surface area contributed by atoms with Crippen LogP contribution in [0.25, 0.3) is 0 Å². The molecule has 1 aliphatic carbocycles. The maximum absolute atomic E-state index is 9.27. The zero-order valence-electron chi connectivity index (χ0n) is 11.9. The van der Waals surface area contributed by atoms with E-state index in [4.69, 9.17) is 0 Å². The standard InChI is InChI=1S/C15H25N3/c1-14(2,3)17-8-12-4-5-13(9-17)18(12)11-15(10-16)6-7-15/h12-13H,4-9,11H2,1-3H3. The van der Waals surface area contributed by atoms with Crippen LogP contribution in [-0.4, -0.2) is 47.1 Å². The highest BCUT2D eigenvalue weighted by Gasteiger charge is 2.50. The molecule has 1 saturated carbocycles. The second-order valence-electron chi connectivity index (χ2n) is 7.53. The van der Waals surface area contributed by atoms with Crippen LogP contribution in [0.4, 0.5) is 0 Å². The number of likely N-dealkylation sites (tertiary alicyclic amines) is 1. The molecule has 3 rings (SSSR count). The second kappa shape index (κ2) is 3.95. The molecule has 2 heterocycles. The van der Waals surface area contributed by atoms with E-state index in [9.17, 15) is 5.26 Å². The van der Waals surface area contributed by atoms with Crippen LogP contribution >= 0.6 is 0 Å². The van der Waals surface area contributed by atoms with Gasteiger partial charge in [0.05, 0.1) is 11.5 Å². The van der Waals surface area contributed by atoms with Gasteiger partial charge in [-0.3, -0.25) is 9.80 Å². The number of hydrogen-bond acceptors (Lipinski definition) is 3. The Hall–Kier alpha value is -0.590. The predicted molar refractivity (Wildman–Crippen MR) is 72.1 cm³/mol. The molecule has 0 radical (unpaired) electrons. The van der Waals surface area contributed by atoms with E-state index in [0.29, 0.717) is 17.6 Å². The number of fused-ring (bicyclic) bond motifs is 2. The fourth-order valence-corrected chi connectivity index (χ4v) is 3.60. The van der Waals surface area contributed by atoms with E-state index in [1.54, 1.807) is 0 Å². The first-order valence-corrected chi connectivity index (χ1v) is 7.36. The number of nitrogens with zero attached hydrogens (tertiary/aromatic N) is 3. The first kappa shape index (κ1) is 12.4. The summed E-state index contributed by atoms with van der Waals surface area (Å²) in [6.07, 6.45) is 4.92. The van der Waals surface area contributed by atoms with Gasteiger partial charge in [-0.2, -0.15) is 5.26 Å². The van der Waals surface area contributed by atoms with Crippen molar-refractivity contribution in [3.05, 3.63) is 0 Å². The summed E-state index contributed by atoms with van der Waals surface area (Å²) in [6.45, 7) is 10.4. The smallest absolute Gasteiger partial charge is 0.0703 e. The molecule has 0 spiro atoms. The summed E-state index contributed by atoms with van der Waals surface area (Å²) in [4.78, 5) is 5.30. The lowest BCUT2D eigenvalue weighted by Gasteiger charge is -2.47. The van der Waals surface area contributed by atoms with Crippen molar-refractivity contribution in [1.29, 1.82) is 5.26 Å². The molecule has 2 unspecified atom stereocenters. The normalized spacial score (nSPS) is 35.4. The molecule has 0 N–H and O–H groups in total. The largest absolute Gasteiger partial charge is 0.295 e. The van der Waals surface area contributed by atoms with E-state index in [-0.39, 0.29) is 5.41 Å². The van der Waals surface area contributed by atoms with Gasteiger partial charge in [0.25, 0.3) is 0 Å². The van der Waals surface area contributed by atoms with Crippen LogP contribution < -0.4 is 0 Å². The van der Waals surface area contributed by atoms with E-state index in [1.807, 2.05) is 0 Å². The van der Waals surface area contributed by atoms with Crippen LogP contribution in [0, 0.1) is 16.7 Å². The predicted octanol–water partition coefficient (Wildman–Crippen LogP) is 2.24. The molecule has 3 fully saturated rings. The van der Waals surface area contributed by atoms with Gasteiger partial charge in [0.15, 0.2) is 0 Å². The summed E-state index contributed by atoms with van der Waals surface area (Å²) in [7, 11) is 0. The third-order valence-corrected chi connectivity index (χ3v) is 5.16. The highest BCUT2D eigenvalue weighted by Crippen LogP contribution is 2.48. The lowest BCUT2D eigenvalue weighted by molar-refractivity contribution is 0.00982. The third kappa shape index (κ3) is 2.06. The summed E-state index contributed by atoms with van der Waals surface area (Å²) >= 11 is 0. The van der Waals surface area contributed by atoms with Crippen LogP contribution in [-0.2, 0) is 0 Å². The maximum Gasteiger partial charge on any atom is 0.0703 e. The summed E-state index contributed by atoms with van der Waals surface area (Å²) in [5.74, 6) is 0. The molecular weight excluding hydrogens is 222 g/mol. The molecule has 3 nitrogen and oxygen atoms in total. The Balaban J connectivity index is 1.69. The molecule has 18 heavy (non-hydrogen) atoms. The molecule has 2 aliphatic heterocycles. The zero-order valence-corrected chi connectivity index (χ0v) is 11.9. The molecule has 0 aromatic heterocycles. The topological polar surface area (TPSA) is 30.3 Å². The van der Waals surface area contributed by atoms with Gasteiger partial charge in [0.1, 0.15) is 0 Å². The molecule has 2 saturated heterocycles. The van der Waals surface area contributed by atoms with Crippen LogP contribution in [0.3, 0.4) is 0 Å². The second-order valence-corrected chi connectivity index (χ2v) is 7.53. The van der Waals surface area contributed by atoms with Gasteiger partial charge >= 0.3 is 0 Å². The summed E-state index contributed by atoms with van der Waals surface area (Å²) in [6, 6.07) is 3.96. The molecular formula is C15H25N3.